The lowest BCUT2D eigenvalue weighted by molar-refractivity contribution is -0.141. The lowest BCUT2D eigenvalue weighted by Crippen LogP contribution is -2.39. The summed E-state index contributed by atoms with van der Waals surface area (Å²) in [5.41, 5.74) is 2.20. The standard InChI is InChI=1S/C22H28N2O5/c1-28-18-11-14-7-9-23(13-15(14)12-19(18)29-2)20(25)8-10-24-21(26)16-5-3-4-6-17(16)22(24)27/h11-12,16-17H,3-10,13H2,1-2H3. The summed E-state index contributed by atoms with van der Waals surface area (Å²) < 4.78 is 10.7. The SMILES string of the molecule is COc1cc2c(cc1OC)CN(C(=O)CCN1C(=O)C3CCCCC3C1=O)CC2. The molecule has 4 rings (SSSR count). The smallest absolute Gasteiger partial charge is 0.233 e. The van der Waals surface area contributed by atoms with Crippen molar-refractivity contribution < 1.29 is 23.9 Å². The number of imide groups is 1. The second-order valence-electron chi connectivity index (χ2n) is 8.12. The Balaban J connectivity index is 1.39. The predicted octanol–water partition coefficient (Wildman–Crippen LogP) is 2.15. The molecule has 156 valence electrons. The van der Waals surface area contributed by atoms with Gasteiger partial charge in [0.2, 0.25) is 17.7 Å². The first-order chi connectivity index (χ1) is 14.0. The van der Waals surface area contributed by atoms with Crippen LogP contribution in [0.4, 0.5) is 0 Å². The number of carbonyl (C=O) groups is 3. The van der Waals surface area contributed by atoms with Crippen molar-refractivity contribution in [2.75, 3.05) is 27.3 Å². The van der Waals surface area contributed by atoms with Crippen molar-refractivity contribution in [3.8, 4) is 11.5 Å². The number of hydrogen-bond acceptors (Lipinski definition) is 5. The number of hydrogen-bond donors (Lipinski definition) is 0. The number of benzene rings is 1. The Bertz CT molecular complexity index is 813. The minimum atomic E-state index is -0.157. The van der Waals surface area contributed by atoms with Crippen LogP contribution >= 0.6 is 0 Å². The van der Waals surface area contributed by atoms with E-state index in [0.29, 0.717) is 24.6 Å². The molecule has 1 saturated heterocycles. The van der Waals surface area contributed by atoms with Gasteiger partial charge in [0, 0.05) is 26.1 Å². The molecule has 2 aliphatic heterocycles. The zero-order valence-electron chi connectivity index (χ0n) is 17.1. The first kappa shape index (κ1) is 19.7. The summed E-state index contributed by atoms with van der Waals surface area (Å²) in [4.78, 5) is 41.1. The van der Waals surface area contributed by atoms with Crippen molar-refractivity contribution in [3.63, 3.8) is 0 Å². The maximum absolute atomic E-state index is 12.8. The third-order valence-electron chi connectivity index (χ3n) is 6.55. The molecule has 2 heterocycles. The van der Waals surface area contributed by atoms with Crippen LogP contribution in [0.1, 0.15) is 43.2 Å². The summed E-state index contributed by atoms with van der Waals surface area (Å²) in [5.74, 6) is 0.851. The maximum atomic E-state index is 12.8. The summed E-state index contributed by atoms with van der Waals surface area (Å²) in [6.07, 6.45) is 4.54. The molecule has 7 nitrogen and oxygen atoms in total. The molecule has 3 aliphatic rings. The van der Waals surface area contributed by atoms with E-state index in [1.165, 1.54) is 4.90 Å². The highest BCUT2D eigenvalue weighted by molar-refractivity contribution is 6.05. The average molecular weight is 400 g/mol. The van der Waals surface area contributed by atoms with E-state index in [1.54, 1.807) is 19.1 Å². The molecule has 1 aromatic carbocycles. The number of likely N-dealkylation sites (tertiary alicyclic amines) is 1. The minimum absolute atomic E-state index is 0.0269. The number of nitrogens with zero attached hydrogens (tertiary/aromatic N) is 2. The number of fused-ring (bicyclic) bond motifs is 2. The van der Waals surface area contributed by atoms with Crippen LogP contribution in [0.25, 0.3) is 0 Å². The van der Waals surface area contributed by atoms with E-state index in [1.807, 2.05) is 12.1 Å². The first-order valence-corrected chi connectivity index (χ1v) is 10.4. The molecule has 1 aromatic rings. The molecule has 2 unspecified atom stereocenters. The van der Waals surface area contributed by atoms with Crippen LogP contribution in [-0.4, -0.2) is 54.8 Å². The van der Waals surface area contributed by atoms with Crippen LogP contribution in [0.5, 0.6) is 11.5 Å². The van der Waals surface area contributed by atoms with Crippen molar-refractivity contribution in [1.82, 2.24) is 9.80 Å². The Hall–Kier alpha value is -2.57. The van der Waals surface area contributed by atoms with Crippen LogP contribution in [0.15, 0.2) is 12.1 Å². The van der Waals surface area contributed by atoms with E-state index in [-0.39, 0.29) is 42.5 Å². The van der Waals surface area contributed by atoms with Crippen LogP contribution in [0.3, 0.4) is 0 Å². The molecule has 0 radical (unpaired) electrons. The molecule has 3 amide bonds. The van der Waals surface area contributed by atoms with Crippen LogP contribution in [0.2, 0.25) is 0 Å². The number of carbonyl (C=O) groups excluding carboxylic acids is 3. The quantitative estimate of drug-likeness (QED) is 0.708. The molecule has 0 N–H and O–H groups in total. The van der Waals surface area contributed by atoms with E-state index in [9.17, 15) is 14.4 Å². The van der Waals surface area contributed by atoms with Crippen molar-refractivity contribution >= 4 is 17.7 Å². The molecule has 0 bridgehead atoms. The highest BCUT2D eigenvalue weighted by atomic mass is 16.5. The fraction of sp³-hybridized carbons (Fsp3) is 0.591. The number of ether oxygens (including phenoxy) is 2. The van der Waals surface area contributed by atoms with Gasteiger partial charge >= 0.3 is 0 Å². The number of methoxy groups -OCH3 is 2. The van der Waals surface area contributed by atoms with E-state index in [4.69, 9.17) is 9.47 Å². The summed E-state index contributed by atoms with van der Waals surface area (Å²) in [5, 5.41) is 0. The van der Waals surface area contributed by atoms with Gasteiger partial charge in [-0.1, -0.05) is 12.8 Å². The van der Waals surface area contributed by atoms with Gasteiger partial charge in [0.25, 0.3) is 0 Å². The first-order valence-electron chi connectivity index (χ1n) is 10.4. The number of amides is 3. The molecule has 0 spiro atoms. The largest absolute Gasteiger partial charge is 0.493 e. The molecular formula is C22H28N2O5. The minimum Gasteiger partial charge on any atom is -0.493 e. The van der Waals surface area contributed by atoms with Gasteiger partial charge in [-0.15, -0.1) is 0 Å². The molecular weight excluding hydrogens is 372 g/mol. The van der Waals surface area contributed by atoms with Crippen molar-refractivity contribution in [2.45, 2.75) is 45.1 Å². The molecule has 0 aromatic heterocycles. The van der Waals surface area contributed by atoms with Gasteiger partial charge in [-0.05, 0) is 42.5 Å². The van der Waals surface area contributed by atoms with Crippen molar-refractivity contribution in [1.29, 1.82) is 0 Å². The third-order valence-corrected chi connectivity index (χ3v) is 6.55. The van der Waals surface area contributed by atoms with Crippen LogP contribution in [0, 0.1) is 11.8 Å². The Labute approximate surface area is 170 Å². The molecule has 1 aliphatic carbocycles. The van der Waals surface area contributed by atoms with Gasteiger partial charge in [0.15, 0.2) is 11.5 Å². The van der Waals surface area contributed by atoms with Gasteiger partial charge < -0.3 is 14.4 Å². The maximum Gasteiger partial charge on any atom is 0.233 e. The summed E-state index contributed by atoms with van der Waals surface area (Å²) >= 11 is 0. The normalized spacial score (nSPS) is 23.7. The second-order valence-corrected chi connectivity index (χ2v) is 8.12. The molecule has 7 heteroatoms. The van der Waals surface area contributed by atoms with Crippen molar-refractivity contribution in [3.05, 3.63) is 23.3 Å². The second kappa shape index (κ2) is 8.05. The summed E-state index contributed by atoms with van der Waals surface area (Å²) in [7, 11) is 3.21. The van der Waals surface area contributed by atoms with Gasteiger partial charge in [-0.2, -0.15) is 0 Å². The Kier molecular flexibility index (Phi) is 5.48. The van der Waals surface area contributed by atoms with E-state index < -0.39 is 0 Å². The highest BCUT2D eigenvalue weighted by Gasteiger charge is 2.47. The number of rotatable bonds is 5. The zero-order chi connectivity index (χ0) is 20.5. The Morgan fingerprint density at radius 2 is 1.59 bits per heavy atom. The molecule has 2 fully saturated rings. The monoisotopic (exact) mass is 400 g/mol. The fourth-order valence-corrected chi connectivity index (χ4v) is 4.91. The lowest BCUT2D eigenvalue weighted by atomic mass is 9.81. The van der Waals surface area contributed by atoms with E-state index in [0.717, 1.165) is 43.2 Å². The van der Waals surface area contributed by atoms with E-state index in [2.05, 4.69) is 0 Å². The van der Waals surface area contributed by atoms with E-state index >= 15 is 0 Å². The van der Waals surface area contributed by atoms with Gasteiger partial charge in [-0.3, -0.25) is 19.3 Å². The topological polar surface area (TPSA) is 76.2 Å². The zero-order valence-corrected chi connectivity index (χ0v) is 17.1. The van der Waals surface area contributed by atoms with Crippen LogP contribution < -0.4 is 9.47 Å². The fourth-order valence-electron chi connectivity index (χ4n) is 4.91. The average Bonchev–Trinajstić information content (AvgIpc) is 3.00. The Morgan fingerprint density at radius 1 is 1.00 bits per heavy atom. The van der Waals surface area contributed by atoms with Gasteiger partial charge in [0.05, 0.1) is 26.1 Å². The lowest BCUT2D eigenvalue weighted by Gasteiger charge is -2.30. The molecule has 1 saturated carbocycles. The predicted molar refractivity (Wildman–Crippen MR) is 105 cm³/mol. The van der Waals surface area contributed by atoms with Gasteiger partial charge in [0.1, 0.15) is 0 Å². The highest BCUT2D eigenvalue weighted by Crippen LogP contribution is 2.38. The molecule has 2 atom stereocenters. The third kappa shape index (κ3) is 3.58. The van der Waals surface area contributed by atoms with Gasteiger partial charge in [-0.25, -0.2) is 0 Å². The Morgan fingerprint density at radius 3 is 2.17 bits per heavy atom. The summed E-state index contributed by atoms with van der Waals surface area (Å²) in [6, 6.07) is 3.89. The summed E-state index contributed by atoms with van der Waals surface area (Å²) in [6.45, 7) is 1.31. The van der Waals surface area contributed by atoms with Crippen molar-refractivity contribution in [2.24, 2.45) is 11.8 Å². The molecule has 29 heavy (non-hydrogen) atoms. The van der Waals surface area contributed by atoms with Crippen LogP contribution in [-0.2, 0) is 27.3 Å².